The summed E-state index contributed by atoms with van der Waals surface area (Å²) in [5.74, 6) is -1.57. The van der Waals surface area contributed by atoms with Crippen molar-refractivity contribution in [2.75, 3.05) is 5.88 Å². The van der Waals surface area contributed by atoms with E-state index in [0.29, 0.717) is 0 Å². The highest BCUT2D eigenvalue weighted by atomic mass is 35.5. The largest absolute Gasteiger partial charge is 0.481 e. The Morgan fingerprint density at radius 2 is 1.57 bits per heavy atom. The zero-order chi connectivity index (χ0) is 12.1. The van der Waals surface area contributed by atoms with Crippen molar-refractivity contribution >= 4 is 23.5 Å². The van der Waals surface area contributed by atoms with Crippen LogP contribution in [-0.2, 0) is 9.59 Å². The molecule has 5 heteroatoms. The summed E-state index contributed by atoms with van der Waals surface area (Å²) in [5, 5.41) is 15.7. The van der Waals surface area contributed by atoms with Crippen molar-refractivity contribution in [2.45, 2.75) is 13.3 Å². The monoisotopic (exact) mass is 222 g/mol. The molecule has 0 aliphatic rings. The van der Waals surface area contributed by atoms with E-state index in [-0.39, 0.29) is 17.9 Å². The van der Waals surface area contributed by atoms with Crippen molar-refractivity contribution in [3.63, 3.8) is 0 Å². The number of carboxylic acid groups (broad SMARTS) is 2. The standard InChI is InChI=1S/C4H6O2.C3H5ClO2.C2H4/c1-3(2)4(5)6;4-2-1-3(5)6;1-2/h1H2,2H3,(H,5,6);1-2H2,(H,5,6);1-2H2. The minimum atomic E-state index is -0.935. The van der Waals surface area contributed by atoms with Crippen LogP contribution in [0.25, 0.3) is 0 Å². The molecule has 0 saturated heterocycles. The summed E-state index contributed by atoms with van der Waals surface area (Å²) in [6, 6.07) is 0. The Bertz CT molecular complexity index is 177. The molecule has 0 unspecified atom stereocenters. The van der Waals surface area contributed by atoms with Gasteiger partial charge in [-0.25, -0.2) is 4.79 Å². The summed E-state index contributed by atoms with van der Waals surface area (Å²) in [4.78, 5) is 19.1. The highest BCUT2D eigenvalue weighted by Crippen LogP contribution is 1.81. The van der Waals surface area contributed by atoms with Crippen molar-refractivity contribution in [1.29, 1.82) is 0 Å². The average Bonchev–Trinajstić information content (AvgIpc) is 2.08. The lowest BCUT2D eigenvalue weighted by atomic mass is 10.4. The molecule has 0 atom stereocenters. The zero-order valence-electron chi connectivity index (χ0n) is 8.12. The molecule has 0 amide bonds. The van der Waals surface area contributed by atoms with Gasteiger partial charge in [0.25, 0.3) is 0 Å². The molecule has 0 aliphatic carbocycles. The fourth-order valence-electron chi connectivity index (χ4n) is 0.0808. The van der Waals surface area contributed by atoms with Gasteiger partial charge in [0, 0.05) is 11.5 Å². The smallest absolute Gasteiger partial charge is 0.330 e. The fourth-order valence-corrected chi connectivity index (χ4v) is 0.243. The van der Waals surface area contributed by atoms with Gasteiger partial charge in [0.15, 0.2) is 0 Å². The normalized spacial score (nSPS) is 7.00. The molecule has 0 saturated carbocycles. The van der Waals surface area contributed by atoms with Crippen molar-refractivity contribution in [3.05, 3.63) is 25.3 Å². The summed E-state index contributed by atoms with van der Waals surface area (Å²) in [5.41, 5.74) is 0.176. The van der Waals surface area contributed by atoms with Gasteiger partial charge in [-0.3, -0.25) is 4.79 Å². The Balaban J connectivity index is -0.000000147. The van der Waals surface area contributed by atoms with E-state index in [1.54, 1.807) is 0 Å². The van der Waals surface area contributed by atoms with Gasteiger partial charge in [0.05, 0.1) is 6.42 Å². The van der Waals surface area contributed by atoms with Gasteiger partial charge in [0.1, 0.15) is 0 Å². The Morgan fingerprint density at radius 1 is 1.29 bits per heavy atom. The van der Waals surface area contributed by atoms with Crippen LogP contribution < -0.4 is 0 Å². The number of carboxylic acids is 2. The minimum Gasteiger partial charge on any atom is -0.481 e. The van der Waals surface area contributed by atoms with Gasteiger partial charge in [0.2, 0.25) is 0 Å². The van der Waals surface area contributed by atoms with Crippen LogP contribution >= 0.6 is 11.6 Å². The molecule has 0 aromatic heterocycles. The average molecular weight is 223 g/mol. The maximum Gasteiger partial charge on any atom is 0.330 e. The molecule has 0 spiro atoms. The second-order valence-electron chi connectivity index (χ2n) is 1.92. The summed E-state index contributed by atoms with van der Waals surface area (Å²) < 4.78 is 0. The zero-order valence-corrected chi connectivity index (χ0v) is 8.88. The number of hydrogen-bond donors (Lipinski definition) is 2. The number of alkyl halides is 1. The van der Waals surface area contributed by atoms with Crippen molar-refractivity contribution in [2.24, 2.45) is 0 Å². The van der Waals surface area contributed by atoms with Crippen molar-refractivity contribution in [3.8, 4) is 0 Å². The van der Waals surface area contributed by atoms with Crippen LogP contribution in [0.4, 0.5) is 0 Å². The van der Waals surface area contributed by atoms with Gasteiger partial charge in [-0.1, -0.05) is 6.58 Å². The molecule has 0 aromatic rings. The third kappa shape index (κ3) is 31.0. The Kier molecular flexibility index (Phi) is 18.8. The second-order valence-corrected chi connectivity index (χ2v) is 2.30. The Hall–Kier alpha value is -1.29. The number of halogens is 1. The van der Waals surface area contributed by atoms with Crippen LogP contribution in [0.1, 0.15) is 13.3 Å². The topological polar surface area (TPSA) is 74.6 Å². The maximum atomic E-state index is 9.60. The third-order valence-corrected chi connectivity index (χ3v) is 0.862. The molecule has 82 valence electrons. The van der Waals surface area contributed by atoms with Crippen LogP contribution in [0.5, 0.6) is 0 Å². The molecule has 0 bridgehead atoms. The molecule has 0 heterocycles. The highest BCUT2D eigenvalue weighted by molar-refractivity contribution is 6.18. The predicted molar refractivity (Wildman–Crippen MR) is 56.7 cm³/mol. The summed E-state index contributed by atoms with van der Waals surface area (Å²) in [6.45, 7) is 10.6. The third-order valence-electron chi connectivity index (χ3n) is 0.673. The van der Waals surface area contributed by atoms with E-state index < -0.39 is 11.9 Å². The molecule has 0 aliphatic heterocycles. The molecule has 0 aromatic carbocycles. The first-order valence-corrected chi connectivity index (χ1v) is 4.11. The molecule has 0 rings (SSSR count). The van der Waals surface area contributed by atoms with E-state index in [2.05, 4.69) is 19.7 Å². The molecule has 0 radical (unpaired) electrons. The SMILES string of the molecule is C=C.C=C(C)C(=O)O.O=C(O)CCCl. The minimum absolute atomic E-state index is 0.0571. The molecule has 0 fully saturated rings. The molecule has 4 nitrogen and oxygen atoms in total. The number of rotatable bonds is 3. The van der Waals surface area contributed by atoms with E-state index in [4.69, 9.17) is 21.8 Å². The molecular formula is C9H15ClO4. The quantitative estimate of drug-likeness (QED) is 0.436. The molecule has 2 N–H and O–H groups in total. The number of aliphatic carboxylic acids is 2. The Labute approximate surface area is 88.5 Å². The first-order valence-electron chi connectivity index (χ1n) is 3.58. The van der Waals surface area contributed by atoms with Gasteiger partial charge in [-0.2, -0.15) is 0 Å². The first-order chi connectivity index (χ1) is 6.41. The highest BCUT2D eigenvalue weighted by Gasteiger charge is 1.90. The fraction of sp³-hybridized carbons (Fsp3) is 0.333. The van der Waals surface area contributed by atoms with Gasteiger partial charge in [-0.05, 0) is 6.92 Å². The summed E-state index contributed by atoms with van der Waals surface area (Å²) in [6.07, 6.45) is 0.0571. The van der Waals surface area contributed by atoms with E-state index >= 15 is 0 Å². The van der Waals surface area contributed by atoms with Gasteiger partial charge < -0.3 is 10.2 Å². The molecular weight excluding hydrogens is 208 g/mol. The van der Waals surface area contributed by atoms with Crippen LogP contribution in [0, 0.1) is 0 Å². The van der Waals surface area contributed by atoms with E-state index in [0.717, 1.165) is 0 Å². The van der Waals surface area contributed by atoms with E-state index in [9.17, 15) is 9.59 Å². The Morgan fingerprint density at radius 3 is 1.57 bits per heavy atom. The van der Waals surface area contributed by atoms with E-state index in [1.807, 2.05) is 0 Å². The van der Waals surface area contributed by atoms with Crippen LogP contribution in [0.3, 0.4) is 0 Å². The maximum absolute atomic E-state index is 9.60. The van der Waals surface area contributed by atoms with Gasteiger partial charge >= 0.3 is 11.9 Å². The van der Waals surface area contributed by atoms with Crippen LogP contribution in [-0.4, -0.2) is 28.0 Å². The number of carbonyl (C=O) groups is 2. The molecule has 14 heavy (non-hydrogen) atoms. The predicted octanol–water partition coefficient (Wildman–Crippen LogP) is 2.15. The number of hydrogen-bond acceptors (Lipinski definition) is 2. The summed E-state index contributed by atoms with van der Waals surface area (Å²) in [7, 11) is 0. The summed E-state index contributed by atoms with van der Waals surface area (Å²) >= 11 is 5.02. The van der Waals surface area contributed by atoms with E-state index in [1.165, 1.54) is 6.92 Å². The van der Waals surface area contributed by atoms with Crippen molar-refractivity contribution < 1.29 is 19.8 Å². The lowest BCUT2D eigenvalue weighted by molar-refractivity contribution is -0.136. The van der Waals surface area contributed by atoms with Gasteiger partial charge in [-0.15, -0.1) is 24.8 Å². The van der Waals surface area contributed by atoms with Crippen molar-refractivity contribution in [1.82, 2.24) is 0 Å². The lowest BCUT2D eigenvalue weighted by Crippen LogP contribution is -1.93. The lowest BCUT2D eigenvalue weighted by Gasteiger charge is -1.79. The van der Waals surface area contributed by atoms with Crippen LogP contribution in [0.2, 0.25) is 0 Å². The van der Waals surface area contributed by atoms with Crippen LogP contribution in [0.15, 0.2) is 25.3 Å². The first kappa shape index (κ1) is 18.5. The second kappa shape index (κ2) is 14.2.